The van der Waals surface area contributed by atoms with Crippen molar-refractivity contribution in [2.24, 2.45) is 0 Å². The van der Waals surface area contributed by atoms with Crippen LogP contribution in [-0.4, -0.2) is 40.2 Å². The van der Waals surface area contributed by atoms with Gasteiger partial charge in [-0.15, -0.1) is 0 Å². The first-order chi connectivity index (χ1) is 17.4. The molecule has 0 aliphatic heterocycles. The summed E-state index contributed by atoms with van der Waals surface area (Å²) in [5, 5.41) is 0. The minimum atomic E-state index is -4.70. The summed E-state index contributed by atoms with van der Waals surface area (Å²) in [6.07, 6.45) is -0.325. The van der Waals surface area contributed by atoms with Gasteiger partial charge in [-0.3, -0.25) is 9.13 Å². The van der Waals surface area contributed by atoms with Crippen molar-refractivity contribution in [1.82, 2.24) is 34.1 Å². The lowest BCUT2D eigenvalue weighted by Gasteiger charge is -2.31. The van der Waals surface area contributed by atoms with E-state index in [0.717, 1.165) is 18.0 Å². The topological polar surface area (TPSA) is 74.3 Å². The maximum absolute atomic E-state index is 14.8. The maximum atomic E-state index is 14.8. The molecule has 0 aliphatic rings. The Morgan fingerprint density at radius 3 is 1.94 bits per heavy atom. The van der Waals surface area contributed by atoms with Crippen molar-refractivity contribution in [1.29, 1.82) is 0 Å². The van der Waals surface area contributed by atoms with Gasteiger partial charge in [0.2, 0.25) is 5.95 Å². The van der Waals surface area contributed by atoms with Crippen LogP contribution in [0.25, 0.3) is 33.8 Å². The highest BCUT2D eigenvalue weighted by Gasteiger charge is 2.56. The average molecular weight is 485 g/mol. The van der Waals surface area contributed by atoms with Crippen LogP contribution in [0.3, 0.4) is 0 Å². The molecule has 0 aliphatic carbocycles. The molecule has 0 amide bonds. The second kappa shape index (κ2) is 7.98. The molecule has 0 fully saturated rings. The summed E-state index contributed by atoms with van der Waals surface area (Å²) in [6, 6.07) is 20.5. The second-order valence-corrected chi connectivity index (χ2v) is 8.45. The molecule has 0 radical (unpaired) electrons. The minimum absolute atomic E-state index is 0.0911. The van der Waals surface area contributed by atoms with Crippen molar-refractivity contribution in [3.63, 3.8) is 0 Å². The van der Waals surface area contributed by atoms with Gasteiger partial charge in [0, 0.05) is 6.20 Å². The molecule has 6 aromatic rings. The molecule has 6 rings (SSSR count). The summed E-state index contributed by atoms with van der Waals surface area (Å²) in [7, 11) is 0. The average Bonchev–Trinajstić information content (AvgIpc) is 3.52. The van der Waals surface area contributed by atoms with Gasteiger partial charge < -0.3 is 0 Å². The molecule has 0 saturated heterocycles. The first-order valence-electron chi connectivity index (χ1n) is 11.1. The zero-order valence-electron chi connectivity index (χ0n) is 18.9. The third kappa shape index (κ3) is 3.33. The fraction of sp³-hybridized carbons (Fsp3) is 0.115. The standard InChI is InChI=1S/C26H18F3N7/c1-25(26(27,28)29,21-11-6-12-23(33-21)35-15-31-17-7-2-4-9-19(17)35)22-13-14-30-24(34-22)36-16-32-18-8-3-5-10-20(18)36/h2-16H,1H3. The zero-order chi connectivity index (χ0) is 24.9. The predicted octanol–water partition coefficient (Wildman–Crippen LogP) is 5.42. The minimum Gasteiger partial charge on any atom is -0.283 e. The Bertz CT molecular complexity index is 1600. The zero-order valence-corrected chi connectivity index (χ0v) is 18.9. The fourth-order valence-corrected chi connectivity index (χ4v) is 4.26. The van der Waals surface area contributed by atoms with Crippen LogP contribution in [0.15, 0.2) is 91.6 Å². The number of nitrogens with zero attached hydrogens (tertiary/aromatic N) is 7. The van der Waals surface area contributed by atoms with Crippen molar-refractivity contribution in [3.05, 3.63) is 103 Å². The second-order valence-electron chi connectivity index (χ2n) is 8.45. The van der Waals surface area contributed by atoms with E-state index >= 15 is 0 Å². The summed E-state index contributed by atoms with van der Waals surface area (Å²) in [5.74, 6) is 0.417. The quantitative estimate of drug-likeness (QED) is 0.334. The van der Waals surface area contributed by atoms with Gasteiger partial charge in [0.1, 0.15) is 23.9 Å². The first-order valence-corrected chi connectivity index (χ1v) is 11.1. The van der Waals surface area contributed by atoms with E-state index in [0.29, 0.717) is 16.9 Å². The molecule has 7 nitrogen and oxygen atoms in total. The van der Waals surface area contributed by atoms with Crippen LogP contribution in [-0.2, 0) is 5.41 Å². The third-order valence-corrected chi connectivity index (χ3v) is 6.34. The molecular formula is C26H18F3N7. The molecule has 36 heavy (non-hydrogen) atoms. The van der Waals surface area contributed by atoms with Crippen molar-refractivity contribution in [3.8, 4) is 11.8 Å². The van der Waals surface area contributed by atoms with Crippen LogP contribution in [0.4, 0.5) is 13.2 Å². The Labute approximate surface area is 202 Å². The summed E-state index contributed by atoms with van der Waals surface area (Å²) >= 11 is 0. The van der Waals surface area contributed by atoms with E-state index < -0.39 is 11.6 Å². The SMILES string of the molecule is CC(c1cccc(-n2cnc3ccccc32)n1)(c1ccnc(-n2cnc3ccccc32)n1)C(F)(F)F. The van der Waals surface area contributed by atoms with Crippen molar-refractivity contribution in [2.45, 2.75) is 18.5 Å². The summed E-state index contributed by atoms with van der Waals surface area (Å²) in [6.45, 7) is 1.09. The number of alkyl halides is 3. The third-order valence-electron chi connectivity index (χ3n) is 6.34. The molecule has 4 heterocycles. The van der Waals surface area contributed by atoms with E-state index in [-0.39, 0.29) is 17.3 Å². The molecule has 10 heteroatoms. The number of para-hydroxylation sites is 4. The van der Waals surface area contributed by atoms with Gasteiger partial charge in [-0.2, -0.15) is 13.2 Å². The van der Waals surface area contributed by atoms with Gasteiger partial charge in [0.25, 0.3) is 0 Å². The lowest BCUT2D eigenvalue weighted by Crippen LogP contribution is -2.42. The molecule has 4 aromatic heterocycles. The van der Waals surface area contributed by atoms with E-state index in [9.17, 15) is 13.2 Å². The number of halogens is 3. The van der Waals surface area contributed by atoms with Crippen LogP contribution in [0.2, 0.25) is 0 Å². The Kier molecular flexibility index (Phi) is 4.85. The number of fused-ring (bicyclic) bond motifs is 2. The van der Waals surface area contributed by atoms with Crippen molar-refractivity contribution < 1.29 is 13.2 Å². The molecule has 0 spiro atoms. The number of benzene rings is 2. The largest absolute Gasteiger partial charge is 0.405 e. The Balaban J connectivity index is 1.50. The maximum Gasteiger partial charge on any atom is 0.405 e. The van der Waals surface area contributed by atoms with E-state index in [4.69, 9.17) is 0 Å². The van der Waals surface area contributed by atoms with Crippen LogP contribution < -0.4 is 0 Å². The smallest absolute Gasteiger partial charge is 0.283 e. The number of hydrogen-bond donors (Lipinski definition) is 0. The highest BCUT2D eigenvalue weighted by molar-refractivity contribution is 5.77. The summed E-state index contributed by atoms with van der Waals surface area (Å²) < 4.78 is 47.6. The number of rotatable bonds is 4. The molecule has 0 N–H and O–H groups in total. The molecule has 1 unspecified atom stereocenters. The van der Waals surface area contributed by atoms with Crippen LogP contribution in [0, 0.1) is 0 Å². The Morgan fingerprint density at radius 2 is 1.25 bits per heavy atom. The highest BCUT2D eigenvalue weighted by atomic mass is 19.4. The van der Waals surface area contributed by atoms with Gasteiger partial charge in [0.05, 0.1) is 33.5 Å². The van der Waals surface area contributed by atoms with Crippen molar-refractivity contribution in [2.75, 3.05) is 0 Å². The molecular weight excluding hydrogens is 467 g/mol. The Morgan fingerprint density at radius 1 is 0.639 bits per heavy atom. The van der Waals surface area contributed by atoms with E-state index in [1.165, 1.54) is 24.7 Å². The van der Waals surface area contributed by atoms with E-state index in [1.807, 2.05) is 48.5 Å². The summed E-state index contributed by atoms with van der Waals surface area (Å²) in [5.41, 5.74) is -0.0812. The predicted molar refractivity (Wildman–Crippen MR) is 128 cm³/mol. The van der Waals surface area contributed by atoms with Gasteiger partial charge in [-0.1, -0.05) is 30.3 Å². The number of aromatic nitrogens is 7. The van der Waals surface area contributed by atoms with Crippen LogP contribution in [0.5, 0.6) is 0 Å². The normalized spacial score (nSPS) is 13.8. The molecule has 178 valence electrons. The highest BCUT2D eigenvalue weighted by Crippen LogP contribution is 2.45. The fourth-order valence-electron chi connectivity index (χ4n) is 4.26. The van der Waals surface area contributed by atoms with Crippen LogP contribution in [0.1, 0.15) is 18.3 Å². The molecule has 0 saturated carbocycles. The lowest BCUT2D eigenvalue weighted by atomic mass is 9.81. The van der Waals surface area contributed by atoms with Gasteiger partial charge in [-0.25, -0.2) is 24.9 Å². The number of pyridine rings is 1. The summed E-state index contributed by atoms with van der Waals surface area (Å²) in [4.78, 5) is 21.7. The van der Waals surface area contributed by atoms with Crippen molar-refractivity contribution >= 4 is 22.1 Å². The lowest BCUT2D eigenvalue weighted by molar-refractivity contribution is -0.175. The van der Waals surface area contributed by atoms with Gasteiger partial charge in [-0.05, 0) is 49.4 Å². The first kappa shape index (κ1) is 21.9. The van der Waals surface area contributed by atoms with E-state index in [1.54, 1.807) is 27.6 Å². The van der Waals surface area contributed by atoms with Crippen LogP contribution >= 0.6 is 0 Å². The van der Waals surface area contributed by atoms with Gasteiger partial charge >= 0.3 is 6.18 Å². The monoisotopic (exact) mass is 485 g/mol. The number of hydrogen-bond acceptors (Lipinski definition) is 5. The van der Waals surface area contributed by atoms with Gasteiger partial charge in [0.15, 0.2) is 0 Å². The number of imidazole rings is 2. The molecule has 0 bridgehead atoms. The molecule has 2 aromatic carbocycles. The Hall–Kier alpha value is -4.60. The molecule has 1 atom stereocenters. The van der Waals surface area contributed by atoms with E-state index in [2.05, 4.69) is 24.9 Å².